The van der Waals surface area contributed by atoms with E-state index in [-0.39, 0.29) is 12.6 Å². The summed E-state index contributed by atoms with van der Waals surface area (Å²) in [5.74, 6) is 0.636. The zero-order chi connectivity index (χ0) is 22.4. The number of carbonyl (C=O) groups excluding carboxylic acids is 2. The van der Waals surface area contributed by atoms with E-state index in [0.29, 0.717) is 31.9 Å². The minimum atomic E-state index is -0.606. The highest BCUT2D eigenvalue weighted by molar-refractivity contribution is 8.76. The van der Waals surface area contributed by atoms with Gasteiger partial charge < -0.3 is 14.2 Å². The second-order valence-electron chi connectivity index (χ2n) is 8.27. The van der Waals surface area contributed by atoms with E-state index in [1.165, 1.54) is 0 Å². The zero-order valence-electron chi connectivity index (χ0n) is 18.1. The van der Waals surface area contributed by atoms with Crippen LogP contribution in [0, 0.1) is 0 Å². The van der Waals surface area contributed by atoms with Gasteiger partial charge in [0.1, 0.15) is 17.2 Å². The first-order valence-electron chi connectivity index (χ1n) is 10.2. The van der Waals surface area contributed by atoms with Gasteiger partial charge in [0.15, 0.2) is 6.23 Å². The minimum absolute atomic E-state index is 0.277. The van der Waals surface area contributed by atoms with Crippen LogP contribution >= 0.6 is 21.6 Å². The molecule has 0 saturated carbocycles. The van der Waals surface area contributed by atoms with Gasteiger partial charge in [0.25, 0.3) is 0 Å². The number of amides is 2. The van der Waals surface area contributed by atoms with Gasteiger partial charge in [0.05, 0.1) is 19.2 Å². The second kappa shape index (κ2) is 10.6. The Balaban J connectivity index is 1.51. The van der Waals surface area contributed by atoms with Crippen LogP contribution in [-0.4, -0.2) is 76.9 Å². The third-order valence-corrected chi connectivity index (χ3v) is 6.82. The van der Waals surface area contributed by atoms with Crippen LogP contribution in [0.1, 0.15) is 27.2 Å². The number of hydrogen-bond donors (Lipinski definition) is 0. The molecule has 1 aromatic rings. The molecular formula is C21H29N3O5S2. The van der Waals surface area contributed by atoms with Crippen LogP contribution in [0.3, 0.4) is 0 Å². The third kappa shape index (κ3) is 6.78. The molecule has 0 N–H and O–H groups in total. The van der Waals surface area contributed by atoms with Gasteiger partial charge in [-0.05, 0) is 50.1 Å². The summed E-state index contributed by atoms with van der Waals surface area (Å²) in [5.41, 5.74) is 0.300. The Kier molecular flexibility index (Phi) is 8.12. The van der Waals surface area contributed by atoms with E-state index in [2.05, 4.69) is 11.6 Å². The maximum absolute atomic E-state index is 12.7. The van der Waals surface area contributed by atoms with Gasteiger partial charge in [-0.1, -0.05) is 29.0 Å². The number of hydrogen-bond acceptors (Lipinski definition) is 8. The monoisotopic (exact) mass is 467 g/mol. The Morgan fingerprint density at radius 1 is 1.29 bits per heavy atom. The molecular weight excluding hydrogens is 438 g/mol. The summed E-state index contributed by atoms with van der Waals surface area (Å²) in [6.07, 6.45) is 0.865. The topological polar surface area (TPSA) is 81.2 Å². The molecule has 2 atom stereocenters. The average Bonchev–Trinajstić information content (AvgIpc) is 3.33. The van der Waals surface area contributed by atoms with Crippen molar-refractivity contribution in [3.8, 4) is 0 Å². The molecule has 8 nitrogen and oxygen atoms in total. The summed E-state index contributed by atoms with van der Waals surface area (Å²) in [5, 5.41) is 0.913. The fourth-order valence-electron chi connectivity index (χ4n) is 3.35. The molecule has 10 heteroatoms. The van der Waals surface area contributed by atoms with Crippen LogP contribution in [0.15, 0.2) is 41.6 Å². The summed E-state index contributed by atoms with van der Waals surface area (Å²) in [4.78, 5) is 32.7. The first-order valence-corrected chi connectivity index (χ1v) is 12.5. The Morgan fingerprint density at radius 2 is 2.10 bits per heavy atom. The molecule has 2 amide bonds. The van der Waals surface area contributed by atoms with Gasteiger partial charge in [-0.3, -0.25) is 9.80 Å². The van der Waals surface area contributed by atoms with Crippen molar-refractivity contribution in [3.63, 3.8) is 0 Å². The van der Waals surface area contributed by atoms with Gasteiger partial charge >= 0.3 is 12.2 Å². The van der Waals surface area contributed by atoms with Crippen molar-refractivity contribution in [1.82, 2.24) is 14.8 Å². The maximum atomic E-state index is 12.7. The fraction of sp³-hybridized carbons (Fsp3) is 0.571. The number of ether oxygens (including phenoxy) is 3. The molecule has 1 unspecified atom stereocenters. The summed E-state index contributed by atoms with van der Waals surface area (Å²) < 4.78 is 16.8. The summed E-state index contributed by atoms with van der Waals surface area (Å²) in [7, 11) is 3.11. The molecule has 2 saturated heterocycles. The molecule has 2 aliphatic rings. The lowest BCUT2D eigenvalue weighted by Gasteiger charge is -2.33. The molecule has 31 heavy (non-hydrogen) atoms. The Labute approximate surface area is 191 Å². The lowest BCUT2D eigenvalue weighted by molar-refractivity contribution is -0.0351. The van der Waals surface area contributed by atoms with Crippen molar-refractivity contribution >= 4 is 33.8 Å². The molecule has 1 aromatic heterocycles. The number of likely N-dealkylation sites (tertiary alicyclic amines) is 1. The van der Waals surface area contributed by atoms with Crippen LogP contribution in [0.4, 0.5) is 9.59 Å². The SMILES string of the molecule is C=C1C[C@@H](C2OCCN2C(=O)OCCSSc2ccccn2)N(C(=O)OC(C)(C)C)C1. The van der Waals surface area contributed by atoms with E-state index >= 15 is 0 Å². The van der Waals surface area contributed by atoms with Crippen molar-refractivity contribution < 1.29 is 23.8 Å². The predicted octanol–water partition coefficient (Wildman–Crippen LogP) is 4.18. The second-order valence-corrected chi connectivity index (χ2v) is 10.7. The molecule has 2 fully saturated rings. The van der Waals surface area contributed by atoms with E-state index in [4.69, 9.17) is 14.2 Å². The summed E-state index contributed by atoms with van der Waals surface area (Å²) >= 11 is 0. The average molecular weight is 468 g/mol. The van der Waals surface area contributed by atoms with E-state index in [0.717, 1.165) is 10.6 Å². The molecule has 170 valence electrons. The van der Waals surface area contributed by atoms with Crippen molar-refractivity contribution in [2.75, 3.05) is 32.1 Å². The number of pyridine rings is 1. The third-order valence-electron chi connectivity index (χ3n) is 4.59. The molecule has 0 aromatic carbocycles. The molecule has 0 aliphatic carbocycles. The molecule has 3 heterocycles. The first kappa shape index (κ1) is 23.7. The van der Waals surface area contributed by atoms with Crippen LogP contribution in [-0.2, 0) is 14.2 Å². The smallest absolute Gasteiger partial charge is 0.412 e. The number of nitrogens with zero attached hydrogens (tertiary/aromatic N) is 3. The van der Waals surface area contributed by atoms with Crippen molar-refractivity contribution in [3.05, 3.63) is 36.5 Å². The van der Waals surface area contributed by atoms with Gasteiger partial charge in [0, 0.05) is 18.5 Å². The largest absolute Gasteiger partial charge is 0.448 e. The van der Waals surface area contributed by atoms with Crippen molar-refractivity contribution in [2.45, 2.75) is 50.1 Å². The number of aromatic nitrogens is 1. The number of carbonyl (C=O) groups is 2. The molecule has 0 radical (unpaired) electrons. The van der Waals surface area contributed by atoms with Gasteiger partial charge in [0.2, 0.25) is 0 Å². The Morgan fingerprint density at radius 3 is 2.81 bits per heavy atom. The minimum Gasteiger partial charge on any atom is -0.448 e. The van der Waals surface area contributed by atoms with Gasteiger partial charge in [-0.15, -0.1) is 0 Å². The first-order chi connectivity index (χ1) is 14.7. The normalized spacial score (nSPS) is 21.5. The highest BCUT2D eigenvalue weighted by atomic mass is 33.1. The van der Waals surface area contributed by atoms with Crippen LogP contribution < -0.4 is 0 Å². The van der Waals surface area contributed by atoms with E-state index in [1.807, 2.05) is 39.0 Å². The van der Waals surface area contributed by atoms with Crippen molar-refractivity contribution in [1.29, 1.82) is 0 Å². The highest BCUT2D eigenvalue weighted by Crippen LogP contribution is 2.31. The van der Waals surface area contributed by atoms with E-state index < -0.39 is 24.0 Å². The zero-order valence-corrected chi connectivity index (χ0v) is 19.7. The maximum Gasteiger partial charge on any atom is 0.412 e. The van der Waals surface area contributed by atoms with E-state index in [9.17, 15) is 9.59 Å². The van der Waals surface area contributed by atoms with E-state index in [1.54, 1.807) is 37.6 Å². The van der Waals surface area contributed by atoms with Crippen LogP contribution in [0.25, 0.3) is 0 Å². The standard InChI is InChI=1S/C21H29N3O5S2/c1-15-13-16(24(14-15)20(26)29-21(2,3)4)18-23(9-10-27-18)19(25)28-11-12-30-31-17-7-5-6-8-22-17/h5-8,16,18H,1,9-14H2,2-4H3/t16-,18?/m0/s1. The Bertz CT molecular complexity index is 787. The lowest BCUT2D eigenvalue weighted by Crippen LogP contribution is -2.51. The highest BCUT2D eigenvalue weighted by Gasteiger charge is 2.45. The molecule has 0 spiro atoms. The van der Waals surface area contributed by atoms with Crippen LogP contribution in [0.2, 0.25) is 0 Å². The van der Waals surface area contributed by atoms with Crippen LogP contribution in [0.5, 0.6) is 0 Å². The summed E-state index contributed by atoms with van der Waals surface area (Å²) in [6, 6.07) is 5.39. The fourth-order valence-corrected chi connectivity index (χ4v) is 5.06. The molecule has 3 rings (SSSR count). The number of rotatable bonds is 6. The quantitative estimate of drug-likeness (QED) is 0.350. The lowest BCUT2D eigenvalue weighted by atomic mass is 10.1. The van der Waals surface area contributed by atoms with Gasteiger partial charge in [-0.2, -0.15) is 0 Å². The molecule has 2 aliphatic heterocycles. The Hall–Kier alpha value is -1.91. The van der Waals surface area contributed by atoms with Gasteiger partial charge in [-0.25, -0.2) is 14.6 Å². The van der Waals surface area contributed by atoms with Crippen molar-refractivity contribution in [2.24, 2.45) is 0 Å². The summed E-state index contributed by atoms with van der Waals surface area (Å²) in [6.45, 7) is 11.0. The predicted molar refractivity (Wildman–Crippen MR) is 121 cm³/mol. The molecule has 0 bridgehead atoms.